The summed E-state index contributed by atoms with van der Waals surface area (Å²) in [6.45, 7) is 1.86. The molecule has 3 N–H and O–H groups in total. The first-order chi connectivity index (χ1) is 8.49. The van der Waals surface area contributed by atoms with Gasteiger partial charge < -0.3 is 11.1 Å². The minimum atomic E-state index is -0.871. The highest BCUT2D eigenvalue weighted by molar-refractivity contribution is 9.10. The van der Waals surface area contributed by atoms with Gasteiger partial charge in [0.1, 0.15) is 0 Å². The number of benzene rings is 1. The maximum absolute atomic E-state index is 13.5. The van der Waals surface area contributed by atoms with Crippen LogP contribution in [-0.4, -0.2) is 4.98 Å². The van der Waals surface area contributed by atoms with E-state index in [1.807, 2.05) is 13.0 Å². The Hall–Kier alpha value is -1.69. The summed E-state index contributed by atoms with van der Waals surface area (Å²) >= 11 is 3.37. The molecule has 0 radical (unpaired) electrons. The van der Waals surface area contributed by atoms with Crippen LogP contribution in [0.15, 0.2) is 28.7 Å². The molecule has 18 heavy (non-hydrogen) atoms. The summed E-state index contributed by atoms with van der Waals surface area (Å²) in [5, 5.41) is 2.79. The van der Waals surface area contributed by atoms with Crippen molar-refractivity contribution in [3.8, 4) is 0 Å². The van der Waals surface area contributed by atoms with Crippen molar-refractivity contribution in [2.24, 2.45) is 0 Å². The van der Waals surface area contributed by atoms with Crippen LogP contribution in [0.1, 0.15) is 5.56 Å². The summed E-state index contributed by atoms with van der Waals surface area (Å²) in [7, 11) is 0. The van der Waals surface area contributed by atoms with Gasteiger partial charge in [0, 0.05) is 16.2 Å². The molecule has 0 saturated heterocycles. The summed E-state index contributed by atoms with van der Waals surface area (Å²) in [5.74, 6) is -2.10. The second-order valence-corrected chi connectivity index (χ2v) is 4.58. The van der Waals surface area contributed by atoms with Crippen molar-refractivity contribution in [3.05, 3.63) is 45.9 Å². The minimum absolute atomic E-state index is 0.102. The third-order valence-corrected chi connectivity index (χ3v) is 3.34. The maximum Gasteiger partial charge on any atom is 0.169 e. The first-order valence-corrected chi connectivity index (χ1v) is 5.92. The molecule has 1 aromatic carbocycles. The van der Waals surface area contributed by atoms with Crippen molar-refractivity contribution in [2.45, 2.75) is 6.92 Å². The van der Waals surface area contributed by atoms with E-state index in [1.165, 1.54) is 0 Å². The number of nitrogens with one attached hydrogen (secondary N) is 1. The fourth-order valence-corrected chi connectivity index (χ4v) is 1.81. The quantitative estimate of drug-likeness (QED) is 0.887. The van der Waals surface area contributed by atoms with Crippen molar-refractivity contribution in [1.82, 2.24) is 4.98 Å². The van der Waals surface area contributed by atoms with Crippen molar-refractivity contribution in [3.63, 3.8) is 0 Å². The van der Waals surface area contributed by atoms with E-state index in [0.717, 1.165) is 10.0 Å². The van der Waals surface area contributed by atoms with E-state index in [0.29, 0.717) is 11.8 Å². The van der Waals surface area contributed by atoms with E-state index < -0.39 is 11.6 Å². The number of halogens is 3. The van der Waals surface area contributed by atoms with Crippen LogP contribution in [0.4, 0.5) is 26.1 Å². The largest absolute Gasteiger partial charge is 0.381 e. The molecule has 94 valence electrons. The average Bonchev–Trinajstić information content (AvgIpc) is 2.32. The number of nitrogens with zero attached hydrogens (tertiary/aromatic N) is 1. The molecule has 0 fully saturated rings. The van der Waals surface area contributed by atoms with Gasteiger partial charge in [-0.25, -0.2) is 13.8 Å². The van der Waals surface area contributed by atoms with Gasteiger partial charge in [0.25, 0.3) is 0 Å². The van der Waals surface area contributed by atoms with E-state index in [9.17, 15) is 8.78 Å². The van der Waals surface area contributed by atoms with E-state index in [-0.39, 0.29) is 11.6 Å². The Morgan fingerprint density at radius 1 is 1.28 bits per heavy atom. The van der Waals surface area contributed by atoms with Crippen LogP contribution in [0.5, 0.6) is 0 Å². The third-order valence-electron chi connectivity index (χ3n) is 2.48. The van der Waals surface area contributed by atoms with Gasteiger partial charge in [-0.2, -0.15) is 0 Å². The smallest absolute Gasteiger partial charge is 0.169 e. The van der Waals surface area contributed by atoms with Gasteiger partial charge in [0.2, 0.25) is 0 Å². The first kappa shape index (κ1) is 12.8. The summed E-state index contributed by atoms with van der Waals surface area (Å²) < 4.78 is 27.4. The zero-order valence-corrected chi connectivity index (χ0v) is 11.1. The number of nitrogens with two attached hydrogens (primary N) is 1. The van der Waals surface area contributed by atoms with Gasteiger partial charge in [-0.1, -0.05) is 22.0 Å². The molecule has 0 saturated carbocycles. The molecule has 0 aliphatic heterocycles. The molecular formula is C12H10BrF2N3. The summed E-state index contributed by atoms with van der Waals surface area (Å²) in [4.78, 5) is 3.64. The number of hydrogen-bond donors (Lipinski definition) is 2. The number of pyridine rings is 1. The fourth-order valence-electron chi connectivity index (χ4n) is 1.44. The molecule has 0 spiro atoms. The molecule has 1 heterocycles. The van der Waals surface area contributed by atoms with Gasteiger partial charge >= 0.3 is 0 Å². The van der Waals surface area contributed by atoms with Gasteiger partial charge in [0.15, 0.2) is 23.3 Å². The molecule has 2 rings (SSSR count). The first-order valence-electron chi connectivity index (χ1n) is 5.12. The summed E-state index contributed by atoms with van der Waals surface area (Å²) in [6.07, 6.45) is 0. The van der Waals surface area contributed by atoms with Crippen LogP contribution in [0.25, 0.3) is 0 Å². The summed E-state index contributed by atoms with van der Waals surface area (Å²) in [6, 6.07) is 6.13. The maximum atomic E-state index is 13.5. The molecule has 1 aromatic heterocycles. The van der Waals surface area contributed by atoms with Gasteiger partial charge in [-0.15, -0.1) is 0 Å². The lowest BCUT2D eigenvalue weighted by molar-refractivity contribution is 0.581. The van der Waals surface area contributed by atoms with E-state index in [1.54, 1.807) is 12.1 Å². The normalized spacial score (nSPS) is 10.4. The highest BCUT2D eigenvalue weighted by Crippen LogP contribution is 2.27. The van der Waals surface area contributed by atoms with E-state index >= 15 is 0 Å². The number of nitrogen functional groups attached to an aromatic ring is 1. The van der Waals surface area contributed by atoms with E-state index in [2.05, 4.69) is 26.2 Å². The molecule has 0 amide bonds. The number of aromatic nitrogens is 1. The van der Waals surface area contributed by atoms with Crippen LogP contribution in [-0.2, 0) is 0 Å². The summed E-state index contributed by atoms with van der Waals surface area (Å²) in [5.41, 5.74) is 6.87. The van der Waals surface area contributed by atoms with Crippen LogP contribution in [0.2, 0.25) is 0 Å². The molecule has 6 heteroatoms. The Morgan fingerprint density at radius 2 is 2.00 bits per heavy atom. The van der Waals surface area contributed by atoms with Crippen LogP contribution < -0.4 is 11.1 Å². The highest BCUT2D eigenvalue weighted by Gasteiger charge is 2.11. The van der Waals surface area contributed by atoms with Crippen molar-refractivity contribution in [1.29, 1.82) is 0 Å². The average molecular weight is 314 g/mol. The van der Waals surface area contributed by atoms with Gasteiger partial charge in [-0.3, -0.25) is 0 Å². The lowest BCUT2D eigenvalue weighted by Gasteiger charge is -2.11. The molecule has 0 bridgehead atoms. The van der Waals surface area contributed by atoms with Crippen molar-refractivity contribution >= 4 is 33.3 Å². The Balaban J connectivity index is 2.40. The Labute approximate surface area is 111 Å². The topological polar surface area (TPSA) is 50.9 Å². The van der Waals surface area contributed by atoms with Crippen LogP contribution in [0, 0.1) is 18.6 Å². The minimum Gasteiger partial charge on any atom is -0.381 e. The van der Waals surface area contributed by atoms with Gasteiger partial charge in [0.05, 0.1) is 0 Å². The lowest BCUT2D eigenvalue weighted by Crippen LogP contribution is -2.04. The monoisotopic (exact) mass is 313 g/mol. The third kappa shape index (κ3) is 2.43. The molecule has 0 aliphatic rings. The predicted molar refractivity (Wildman–Crippen MR) is 70.7 cm³/mol. The highest BCUT2D eigenvalue weighted by atomic mass is 79.9. The Bertz CT molecular complexity index is 602. The molecule has 0 aliphatic carbocycles. The second kappa shape index (κ2) is 4.89. The molecule has 0 unspecified atom stereocenters. The fraction of sp³-hybridized carbons (Fsp3) is 0.0833. The van der Waals surface area contributed by atoms with Crippen molar-refractivity contribution in [2.75, 3.05) is 11.1 Å². The van der Waals surface area contributed by atoms with E-state index in [4.69, 9.17) is 5.73 Å². The molecule has 3 nitrogen and oxygen atoms in total. The zero-order valence-electron chi connectivity index (χ0n) is 9.47. The number of rotatable bonds is 2. The van der Waals surface area contributed by atoms with Gasteiger partial charge in [-0.05, 0) is 24.6 Å². The van der Waals surface area contributed by atoms with Crippen LogP contribution >= 0.6 is 15.9 Å². The molecular weight excluding hydrogens is 304 g/mol. The number of anilines is 3. The SMILES string of the molecule is Cc1c(Br)cccc1Nc1nc(N)c(F)cc1F. The standard InChI is InChI=1S/C12H10BrF2N3/c1-6-7(13)3-2-4-10(6)17-12-9(15)5-8(14)11(16)18-12/h2-5H,1H3,(H3,16,17,18). The Morgan fingerprint density at radius 3 is 2.72 bits per heavy atom. The van der Waals surface area contributed by atoms with Crippen LogP contribution in [0.3, 0.4) is 0 Å². The molecule has 2 aromatic rings. The number of hydrogen-bond acceptors (Lipinski definition) is 3. The lowest BCUT2D eigenvalue weighted by atomic mass is 10.2. The predicted octanol–water partition coefficient (Wildman–Crippen LogP) is 3.76. The molecule has 0 atom stereocenters. The zero-order chi connectivity index (χ0) is 13.3. The van der Waals surface area contributed by atoms with Crippen molar-refractivity contribution < 1.29 is 8.78 Å². The second-order valence-electron chi connectivity index (χ2n) is 3.72. The Kier molecular flexibility index (Phi) is 3.47.